The van der Waals surface area contributed by atoms with E-state index in [1.54, 1.807) is 0 Å². The summed E-state index contributed by atoms with van der Waals surface area (Å²) in [5, 5.41) is 17.9. The van der Waals surface area contributed by atoms with E-state index >= 15 is 0 Å². The Morgan fingerprint density at radius 2 is 1.39 bits per heavy atom. The molecule has 0 aliphatic heterocycles. The third-order valence-electron chi connectivity index (χ3n) is 4.31. The minimum Gasteiger partial charge on any atom is -0.353 e. The van der Waals surface area contributed by atoms with Gasteiger partial charge in [0.1, 0.15) is 0 Å². The smallest absolute Gasteiger partial charge is 0.233 e. The number of ether oxygens (including phenoxy) is 1. The molecule has 0 aromatic carbocycles. The minimum absolute atomic E-state index is 0.157. The molecule has 0 bridgehead atoms. The maximum absolute atomic E-state index is 9.35. The molecule has 138 valence electrons. The van der Waals surface area contributed by atoms with Gasteiger partial charge in [-0.05, 0) is 12.8 Å². The van der Waals surface area contributed by atoms with Gasteiger partial charge in [-0.15, -0.1) is 0 Å². The normalized spacial score (nSPS) is 22.0. The fourth-order valence-corrected chi connectivity index (χ4v) is 2.85. The first-order chi connectivity index (χ1) is 11.3. The minimum atomic E-state index is -1.11. The summed E-state index contributed by atoms with van der Waals surface area (Å²) in [6, 6.07) is 0. The Kier molecular flexibility index (Phi) is 11.8. The molecule has 2 N–H and O–H groups in total. The molecule has 0 radical (unpaired) electrons. The van der Waals surface area contributed by atoms with E-state index in [4.69, 9.17) is 19.8 Å². The second-order valence-electron chi connectivity index (χ2n) is 6.15. The fraction of sp³-hybridized carbons (Fsp3) is 1.00. The highest BCUT2D eigenvalue weighted by atomic mass is 17.3. The monoisotopic (exact) mass is 336 g/mol. The molecule has 0 aromatic heterocycles. The molecule has 1 saturated carbocycles. The molecule has 0 saturated heterocycles. The van der Waals surface area contributed by atoms with E-state index < -0.39 is 12.1 Å². The highest BCUT2D eigenvalue weighted by Gasteiger charge is 2.34. The SMILES string of the molecule is CO[C@@H](CCOOC1(OO)CCCCCCCCCCC1)OO. The van der Waals surface area contributed by atoms with Crippen LogP contribution in [0.1, 0.15) is 77.0 Å². The van der Waals surface area contributed by atoms with E-state index in [2.05, 4.69) is 9.78 Å². The van der Waals surface area contributed by atoms with Crippen molar-refractivity contribution in [1.82, 2.24) is 0 Å². The van der Waals surface area contributed by atoms with Gasteiger partial charge in [-0.2, -0.15) is 4.89 Å². The van der Waals surface area contributed by atoms with Crippen LogP contribution < -0.4 is 0 Å². The van der Waals surface area contributed by atoms with Crippen molar-refractivity contribution >= 4 is 0 Å². The van der Waals surface area contributed by atoms with Gasteiger partial charge in [0.25, 0.3) is 0 Å². The molecule has 0 heterocycles. The van der Waals surface area contributed by atoms with Crippen LogP contribution in [0.15, 0.2) is 0 Å². The Morgan fingerprint density at radius 3 is 1.83 bits per heavy atom. The second-order valence-corrected chi connectivity index (χ2v) is 6.15. The molecule has 0 unspecified atom stereocenters. The molecule has 1 aliphatic carbocycles. The molecule has 0 spiro atoms. The third kappa shape index (κ3) is 8.95. The lowest BCUT2D eigenvalue weighted by Gasteiger charge is -2.29. The van der Waals surface area contributed by atoms with Gasteiger partial charge in [-0.25, -0.2) is 25.2 Å². The number of hydrogen-bond acceptors (Lipinski definition) is 7. The quantitative estimate of drug-likeness (QED) is 0.296. The average Bonchev–Trinajstić information content (AvgIpc) is 2.57. The maximum atomic E-state index is 9.35. The molecular weight excluding hydrogens is 304 g/mol. The first kappa shape index (κ1) is 20.8. The molecular formula is C16H32O7. The standard InChI is InChI=1S/C16H32O7/c1-19-15(21-17)11-14-20-23-16(22-18)12-9-7-5-3-2-4-6-8-10-13-16/h15,17-18H,2-14H2,1H3/t15-/m1/s1. The highest BCUT2D eigenvalue weighted by Crippen LogP contribution is 2.29. The zero-order valence-corrected chi connectivity index (χ0v) is 14.2. The Morgan fingerprint density at radius 1 is 0.870 bits per heavy atom. The van der Waals surface area contributed by atoms with Crippen molar-refractivity contribution in [3.8, 4) is 0 Å². The van der Waals surface area contributed by atoms with Crippen LogP contribution in [0.5, 0.6) is 0 Å². The lowest BCUT2D eigenvalue weighted by Crippen LogP contribution is -2.36. The van der Waals surface area contributed by atoms with Crippen LogP contribution in [0, 0.1) is 0 Å². The topological polar surface area (TPSA) is 86.6 Å². The summed E-state index contributed by atoms with van der Waals surface area (Å²) >= 11 is 0. The third-order valence-corrected chi connectivity index (χ3v) is 4.31. The molecule has 1 aliphatic rings. The van der Waals surface area contributed by atoms with E-state index in [1.165, 1.54) is 39.2 Å². The molecule has 1 atom stereocenters. The second kappa shape index (κ2) is 13.1. The van der Waals surface area contributed by atoms with Gasteiger partial charge in [0.2, 0.25) is 5.79 Å². The first-order valence-electron chi connectivity index (χ1n) is 8.72. The van der Waals surface area contributed by atoms with Crippen LogP contribution in [0.2, 0.25) is 0 Å². The van der Waals surface area contributed by atoms with Gasteiger partial charge in [-0.1, -0.05) is 44.9 Å². The van der Waals surface area contributed by atoms with Crippen LogP contribution in [0.4, 0.5) is 0 Å². The van der Waals surface area contributed by atoms with E-state index in [0.717, 1.165) is 25.7 Å². The van der Waals surface area contributed by atoms with Crippen LogP contribution in [-0.2, 0) is 24.3 Å². The van der Waals surface area contributed by atoms with E-state index in [9.17, 15) is 5.26 Å². The zero-order chi connectivity index (χ0) is 16.8. The van der Waals surface area contributed by atoms with Gasteiger partial charge < -0.3 is 4.74 Å². The molecule has 0 amide bonds. The van der Waals surface area contributed by atoms with Gasteiger partial charge in [0.05, 0.1) is 6.61 Å². The summed E-state index contributed by atoms with van der Waals surface area (Å²) < 4.78 is 4.85. The Hall–Kier alpha value is -0.280. The van der Waals surface area contributed by atoms with Crippen molar-refractivity contribution in [2.45, 2.75) is 89.1 Å². The summed E-state index contributed by atoms with van der Waals surface area (Å²) in [5.74, 6) is -1.11. The van der Waals surface area contributed by atoms with Crippen molar-refractivity contribution in [3.63, 3.8) is 0 Å². The van der Waals surface area contributed by atoms with Crippen molar-refractivity contribution in [1.29, 1.82) is 0 Å². The van der Waals surface area contributed by atoms with Crippen LogP contribution in [0.25, 0.3) is 0 Å². The predicted octanol–water partition coefficient (Wildman–Crippen LogP) is 4.28. The zero-order valence-electron chi connectivity index (χ0n) is 14.2. The highest BCUT2D eigenvalue weighted by molar-refractivity contribution is 4.69. The molecule has 23 heavy (non-hydrogen) atoms. The summed E-state index contributed by atoms with van der Waals surface area (Å²) in [7, 11) is 1.42. The van der Waals surface area contributed by atoms with E-state index in [-0.39, 0.29) is 6.61 Å². The maximum Gasteiger partial charge on any atom is 0.233 e. The van der Waals surface area contributed by atoms with Gasteiger partial charge in [0, 0.05) is 26.4 Å². The van der Waals surface area contributed by atoms with E-state index in [0.29, 0.717) is 19.3 Å². The largest absolute Gasteiger partial charge is 0.353 e. The van der Waals surface area contributed by atoms with Crippen molar-refractivity contribution in [2.24, 2.45) is 0 Å². The Bertz CT molecular complexity index is 259. The average molecular weight is 336 g/mol. The summed E-state index contributed by atoms with van der Waals surface area (Å²) in [4.78, 5) is 19.3. The fourth-order valence-electron chi connectivity index (χ4n) is 2.85. The Balaban J connectivity index is 2.41. The summed E-state index contributed by atoms with van der Waals surface area (Å²) in [6.45, 7) is 0.157. The van der Waals surface area contributed by atoms with E-state index in [1.807, 2.05) is 0 Å². The van der Waals surface area contributed by atoms with Crippen molar-refractivity contribution in [3.05, 3.63) is 0 Å². The summed E-state index contributed by atoms with van der Waals surface area (Å²) in [5.41, 5.74) is 0. The summed E-state index contributed by atoms with van der Waals surface area (Å²) in [6.07, 6.45) is 11.0. The number of hydrogen-bond donors (Lipinski definition) is 2. The van der Waals surface area contributed by atoms with Gasteiger partial charge in [0.15, 0.2) is 6.29 Å². The van der Waals surface area contributed by atoms with Crippen LogP contribution >= 0.6 is 0 Å². The Labute approximate surface area is 138 Å². The number of rotatable bonds is 8. The van der Waals surface area contributed by atoms with Gasteiger partial charge >= 0.3 is 0 Å². The molecule has 1 rings (SSSR count). The van der Waals surface area contributed by atoms with Crippen molar-refractivity contribution < 1.29 is 34.8 Å². The lowest BCUT2D eigenvalue weighted by atomic mass is 9.97. The van der Waals surface area contributed by atoms with Crippen LogP contribution in [0.3, 0.4) is 0 Å². The van der Waals surface area contributed by atoms with Gasteiger partial charge in [-0.3, -0.25) is 0 Å². The lowest BCUT2D eigenvalue weighted by molar-refractivity contribution is -0.504. The van der Waals surface area contributed by atoms with Crippen molar-refractivity contribution in [2.75, 3.05) is 13.7 Å². The van der Waals surface area contributed by atoms with Crippen LogP contribution in [-0.4, -0.2) is 36.3 Å². The molecule has 7 nitrogen and oxygen atoms in total. The molecule has 1 fully saturated rings. The number of methoxy groups -OCH3 is 1. The first-order valence-corrected chi connectivity index (χ1v) is 8.72. The molecule has 0 aromatic rings. The predicted molar refractivity (Wildman–Crippen MR) is 83.4 cm³/mol. The molecule has 7 heteroatoms.